The van der Waals surface area contributed by atoms with Gasteiger partial charge in [-0.15, -0.1) is 0 Å². The molecular weight excluding hydrogens is 164 g/mol. The zero-order valence-electron chi connectivity index (χ0n) is 7.51. The van der Waals surface area contributed by atoms with Crippen molar-refractivity contribution in [2.75, 3.05) is 0 Å². The molecule has 0 radical (unpaired) electrons. The number of nitrogens with zero attached hydrogens (tertiary/aromatic N) is 2. The topological polar surface area (TPSA) is 38.0 Å². The van der Waals surface area contributed by atoms with E-state index < -0.39 is 6.23 Å². The van der Waals surface area contributed by atoms with Crippen molar-refractivity contribution in [3.8, 4) is 0 Å². The first-order valence-electron chi connectivity index (χ1n) is 4.42. The SMILES string of the molecule is CCC(O)n1cnc2ccccc21. The van der Waals surface area contributed by atoms with E-state index in [0.29, 0.717) is 6.42 Å². The van der Waals surface area contributed by atoms with Crippen LogP contribution in [0.2, 0.25) is 0 Å². The minimum absolute atomic E-state index is 0.465. The summed E-state index contributed by atoms with van der Waals surface area (Å²) >= 11 is 0. The Morgan fingerprint density at radius 3 is 3.00 bits per heavy atom. The van der Waals surface area contributed by atoms with Crippen LogP contribution in [0.1, 0.15) is 19.6 Å². The molecule has 2 aromatic rings. The van der Waals surface area contributed by atoms with Gasteiger partial charge in [-0.25, -0.2) is 4.98 Å². The largest absolute Gasteiger partial charge is 0.373 e. The molecule has 3 heteroatoms. The maximum absolute atomic E-state index is 9.64. The van der Waals surface area contributed by atoms with E-state index in [2.05, 4.69) is 4.98 Å². The van der Waals surface area contributed by atoms with Crippen LogP contribution in [0.15, 0.2) is 30.6 Å². The molecule has 0 fully saturated rings. The molecule has 68 valence electrons. The highest BCUT2D eigenvalue weighted by Crippen LogP contribution is 2.17. The zero-order chi connectivity index (χ0) is 9.26. The smallest absolute Gasteiger partial charge is 0.131 e. The van der Waals surface area contributed by atoms with E-state index in [1.54, 1.807) is 10.9 Å². The summed E-state index contributed by atoms with van der Waals surface area (Å²) in [5.74, 6) is 0. The van der Waals surface area contributed by atoms with Crippen LogP contribution >= 0.6 is 0 Å². The van der Waals surface area contributed by atoms with Crippen LogP contribution in [-0.4, -0.2) is 14.7 Å². The molecule has 1 unspecified atom stereocenters. The average Bonchev–Trinajstić information content (AvgIpc) is 2.60. The van der Waals surface area contributed by atoms with Crippen molar-refractivity contribution in [3.63, 3.8) is 0 Å². The quantitative estimate of drug-likeness (QED) is 0.759. The molecule has 0 amide bonds. The molecule has 1 heterocycles. The van der Waals surface area contributed by atoms with Crippen LogP contribution in [0.25, 0.3) is 11.0 Å². The first-order valence-corrected chi connectivity index (χ1v) is 4.42. The number of aromatic nitrogens is 2. The molecule has 0 bridgehead atoms. The number of imidazole rings is 1. The number of para-hydroxylation sites is 2. The van der Waals surface area contributed by atoms with Gasteiger partial charge in [-0.05, 0) is 18.6 Å². The summed E-state index contributed by atoms with van der Waals surface area (Å²) in [5, 5.41) is 9.64. The lowest BCUT2D eigenvalue weighted by molar-refractivity contribution is 0.104. The third-order valence-corrected chi connectivity index (χ3v) is 2.17. The van der Waals surface area contributed by atoms with Gasteiger partial charge in [0.25, 0.3) is 0 Å². The Labute approximate surface area is 76.6 Å². The Morgan fingerprint density at radius 2 is 2.23 bits per heavy atom. The maximum atomic E-state index is 9.64. The van der Waals surface area contributed by atoms with Crippen molar-refractivity contribution in [2.45, 2.75) is 19.6 Å². The van der Waals surface area contributed by atoms with Crippen LogP contribution < -0.4 is 0 Å². The molecule has 0 spiro atoms. The van der Waals surface area contributed by atoms with Crippen LogP contribution in [0, 0.1) is 0 Å². The number of benzene rings is 1. The third kappa shape index (κ3) is 1.31. The first kappa shape index (κ1) is 8.26. The molecule has 0 saturated heterocycles. The fourth-order valence-electron chi connectivity index (χ4n) is 1.41. The minimum Gasteiger partial charge on any atom is -0.373 e. The van der Waals surface area contributed by atoms with Gasteiger partial charge in [0.15, 0.2) is 0 Å². The summed E-state index contributed by atoms with van der Waals surface area (Å²) in [6.07, 6.45) is 1.91. The average molecular weight is 176 g/mol. The fourth-order valence-corrected chi connectivity index (χ4v) is 1.41. The van der Waals surface area contributed by atoms with E-state index in [1.165, 1.54) is 0 Å². The second kappa shape index (κ2) is 3.18. The number of aliphatic hydroxyl groups excluding tert-OH is 1. The van der Waals surface area contributed by atoms with Gasteiger partial charge in [0, 0.05) is 0 Å². The molecule has 0 aliphatic rings. The van der Waals surface area contributed by atoms with Crippen molar-refractivity contribution < 1.29 is 5.11 Å². The van der Waals surface area contributed by atoms with E-state index in [0.717, 1.165) is 11.0 Å². The number of rotatable bonds is 2. The summed E-state index contributed by atoms with van der Waals surface area (Å²) in [6.45, 7) is 1.94. The van der Waals surface area contributed by atoms with Gasteiger partial charge in [0.05, 0.1) is 17.4 Å². The monoisotopic (exact) mass is 176 g/mol. The molecule has 2 rings (SSSR count). The Hall–Kier alpha value is -1.35. The summed E-state index contributed by atoms with van der Waals surface area (Å²) in [5.41, 5.74) is 1.91. The van der Waals surface area contributed by atoms with Gasteiger partial charge in [-0.3, -0.25) is 0 Å². The lowest BCUT2D eigenvalue weighted by Crippen LogP contribution is -2.04. The number of aliphatic hydroxyl groups is 1. The first-order chi connectivity index (χ1) is 6.33. The molecular formula is C10H12N2O. The molecule has 13 heavy (non-hydrogen) atoms. The summed E-state index contributed by atoms with van der Waals surface area (Å²) < 4.78 is 1.79. The zero-order valence-corrected chi connectivity index (χ0v) is 7.51. The number of hydrogen-bond donors (Lipinski definition) is 1. The van der Waals surface area contributed by atoms with E-state index in [-0.39, 0.29) is 0 Å². The summed E-state index contributed by atoms with van der Waals surface area (Å²) in [7, 11) is 0. The van der Waals surface area contributed by atoms with Gasteiger partial charge in [-0.1, -0.05) is 19.1 Å². The highest BCUT2D eigenvalue weighted by molar-refractivity contribution is 5.74. The number of hydrogen-bond acceptors (Lipinski definition) is 2. The van der Waals surface area contributed by atoms with E-state index in [9.17, 15) is 5.11 Å². The van der Waals surface area contributed by atoms with Gasteiger partial charge in [0.1, 0.15) is 6.23 Å². The Balaban J connectivity index is 2.57. The standard InChI is InChI=1S/C10H12N2O/c1-2-10(13)12-7-11-8-5-3-4-6-9(8)12/h3-7,10,13H,2H2,1H3. The van der Waals surface area contributed by atoms with Crippen LogP contribution in [0.5, 0.6) is 0 Å². The van der Waals surface area contributed by atoms with Gasteiger partial charge >= 0.3 is 0 Å². The van der Waals surface area contributed by atoms with Gasteiger partial charge in [0.2, 0.25) is 0 Å². The van der Waals surface area contributed by atoms with Crippen molar-refractivity contribution in [2.24, 2.45) is 0 Å². The molecule has 1 aromatic heterocycles. The van der Waals surface area contributed by atoms with Crippen molar-refractivity contribution >= 4 is 11.0 Å². The molecule has 1 aromatic carbocycles. The van der Waals surface area contributed by atoms with E-state index in [4.69, 9.17) is 0 Å². The maximum Gasteiger partial charge on any atom is 0.131 e. The minimum atomic E-state index is -0.465. The van der Waals surface area contributed by atoms with E-state index >= 15 is 0 Å². The van der Waals surface area contributed by atoms with Gasteiger partial charge in [-0.2, -0.15) is 0 Å². The molecule has 1 N–H and O–H groups in total. The Morgan fingerprint density at radius 1 is 1.46 bits per heavy atom. The van der Waals surface area contributed by atoms with Crippen LogP contribution in [0.4, 0.5) is 0 Å². The van der Waals surface area contributed by atoms with Crippen molar-refractivity contribution in [1.29, 1.82) is 0 Å². The summed E-state index contributed by atoms with van der Waals surface area (Å²) in [6, 6.07) is 7.79. The second-order valence-electron chi connectivity index (χ2n) is 3.03. The normalized spacial score (nSPS) is 13.4. The second-order valence-corrected chi connectivity index (χ2v) is 3.03. The third-order valence-electron chi connectivity index (χ3n) is 2.17. The molecule has 0 aliphatic carbocycles. The molecule has 0 saturated carbocycles. The van der Waals surface area contributed by atoms with Crippen LogP contribution in [-0.2, 0) is 0 Å². The molecule has 0 aliphatic heterocycles. The number of fused-ring (bicyclic) bond motifs is 1. The van der Waals surface area contributed by atoms with E-state index in [1.807, 2.05) is 31.2 Å². The molecule has 3 nitrogen and oxygen atoms in total. The van der Waals surface area contributed by atoms with Crippen LogP contribution in [0.3, 0.4) is 0 Å². The fraction of sp³-hybridized carbons (Fsp3) is 0.300. The molecule has 1 atom stereocenters. The summed E-state index contributed by atoms with van der Waals surface area (Å²) in [4.78, 5) is 4.19. The lowest BCUT2D eigenvalue weighted by atomic mass is 10.3. The Kier molecular flexibility index (Phi) is 2.02. The van der Waals surface area contributed by atoms with Crippen molar-refractivity contribution in [3.05, 3.63) is 30.6 Å². The highest BCUT2D eigenvalue weighted by Gasteiger charge is 2.07. The predicted molar refractivity (Wildman–Crippen MR) is 51.3 cm³/mol. The van der Waals surface area contributed by atoms with Crippen molar-refractivity contribution in [1.82, 2.24) is 9.55 Å². The van der Waals surface area contributed by atoms with Gasteiger partial charge < -0.3 is 9.67 Å². The predicted octanol–water partition coefficient (Wildman–Crippen LogP) is 1.94. The Bertz CT molecular complexity index is 408. The lowest BCUT2D eigenvalue weighted by Gasteiger charge is -2.09. The highest BCUT2D eigenvalue weighted by atomic mass is 16.3.